The minimum Gasteiger partial charge on any atom is -0.508 e. The first-order valence-corrected chi connectivity index (χ1v) is 6.89. The molecule has 2 unspecified atom stereocenters. The Morgan fingerprint density at radius 2 is 2.16 bits per heavy atom. The number of nitrogens with two attached hydrogens (primary N) is 1. The molecule has 0 bridgehead atoms. The van der Waals surface area contributed by atoms with E-state index in [1.165, 1.54) is 18.9 Å². The van der Waals surface area contributed by atoms with Crippen LogP contribution < -0.4 is 11.1 Å². The molecule has 1 saturated carbocycles. The van der Waals surface area contributed by atoms with Crippen LogP contribution in [0.25, 0.3) is 0 Å². The van der Waals surface area contributed by atoms with Gasteiger partial charge in [-0.05, 0) is 55.8 Å². The quantitative estimate of drug-likeness (QED) is 0.774. The third-order valence-electron chi connectivity index (χ3n) is 4.12. The molecule has 2 atom stereocenters. The third kappa shape index (κ3) is 3.26. The number of carbonyl (C=O) groups excluding carboxylic acids is 1. The van der Waals surface area contributed by atoms with E-state index in [4.69, 9.17) is 5.73 Å². The van der Waals surface area contributed by atoms with E-state index >= 15 is 0 Å². The zero-order valence-corrected chi connectivity index (χ0v) is 11.4. The van der Waals surface area contributed by atoms with E-state index in [-0.39, 0.29) is 11.7 Å². The van der Waals surface area contributed by atoms with Crippen LogP contribution in [0.5, 0.6) is 5.75 Å². The SMILES string of the molecule is Cc1ccc(C(=O)NCC2CCCC2CN)cc1O. The number of hydrogen-bond acceptors (Lipinski definition) is 3. The molecule has 1 amide bonds. The monoisotopic (exact) mass is 262 g/mol. The van der Waals surface area contributed by atoms with Gasteiger partial charge in [-0.3, -0.25) is 4.79 Å². The van der Waals surface area contributed by atoms with Crippen molar-refractivity contribution in [3.63, 3.8) is 0 Å². The summed E-state index contributed by atoms with van der Waals surface area (Å²) in [6.45, 7) is 3.18. The van der Waals surface area contributed by atoms with Gasteiger partial charge < -0.3 is 16.2 Å². The van der Waals surface area contributed by atoms with E-state index in [2.05, 4.69) is 5.32 Å². The van der Waals surface area contributed by atoms with Crippen molar-refractivity contribution in [2.75, 3.05) is 13.1 Å². The van der Waals surface area contributed by atoms with Crippen molar-refractivity contribution in [3.05, 3.63) is 29.3 Å². The second-order valence-corrected chi connectivity index (χ2v) is 5.40. The highest BCUT2D eigenvalue weighted by Gasteiger charge is 2.26. The zero-order chi connectivity index (χ0) is 13.8. The number of phenolic OH excluding ortho intramolecular Hbond substituents is 1. The summed E-state index contributed by atoms with van der Waals surface area (Å²) in [5.74, 6) is 1.06. The third-order valence-corrected chi connectivity index (χ3v) is 4.12. The van der Waals surface area contributed by atoms with Gasteiger partial charge in [0.15, 0.2) is 0 Å². The lowest BCUT2D eigenvalue weighted by atomic mass is 9.96. The largest absolute Gasteiger partial charge is 0.508 e. The number of aromatic hydroxyl groups is 1. The highest BCUT2D eigenvalue weighted by atomic mass is 16.3. The fourth-order valence-electron chi connectivity index (χ4n) is 2.77. The molecule has 0 saturated heterocycles. The fourth-order valence-corrected chi connectivity index (χ4v) is 2.77. The van der Waals surface area contributed by atoms with Gasteiger partial charge >= 0.3 is 0 Å². The molecular weight excluding hydrogens is 240 g/mol. The number of phenols is 1. The molecule has 0 radical (unpaired) electrons. The Morgan fingerprint density at radius 1 is 1.42 bits per heavy atom. The van der Waals surface area contributed by atoms with E-state index in [0.717, 1.165) is 12.0 Å². The lowest BCUT2D eigenvalue weighted by molar-refractivity contribution is 0.0943. The predicted octanol–water partition coefficient (Wildman–Crippen LogP) is 1.81. The lowest BCUT2D eigenvalue weighted by Crippen LogP contribution is -2.32. The molecule has 1 fully saturated rings. The number of carbonyl (C=O) groups is 1. The average molecular weight is 262 g/mol. The molecule has 1 aromatic rings. The Bertz CT molecular complexity index is 459. The van der Waals surface area contributed by atoms with Gasteiger partial charge in [-0.2, -0.15) is 0 Å². The maximum absolute atomic E-state index is 12.0. The van der Waals surface area contributed by atoms with Gasteiger partial charge in [-0.25, -0.2) is 0 Å². The molecule has 4 N–H and O–H groups in total. The van der Waals surface area contributed by atoms with Crippen LogP contribution in [0.15, 0.2) is 18.2 Å². The van der Waals surface area contributed by atoms with Crippen molar-refractivity contribution in [2.24, 2.45) is 17.6 Å². The molecule has 4 heteroatoms. The van der Waals surface area contributed by atoms with Crippen LogP contribution in [0.3, 0.4) is 0 Å². The van der Waals surface area contributed by atoms with Crippen molar-refractivity contribution in [1.29, 1.82) is 0 Å². The van der Waals surface area contributed by atoms with Gasteiger partial charge in [0.05, 0.1) is 0 Å². The van der Waals surface area contributed by atoms with Crippen LogP contribution in [0.1, 0.15) is 35.2 Å². The Morgan fingerprint density at radius 3 is 2.84 bits per heavy atom. The number of rotatable bonds is 4. The number of hydrogen-bond donors (Lipinski definition) is 3. The van der Waals surface area contributed by atoms with E-state index in [0.29, 0.717) is 30.5 Å². The van der Waals surface area contributed by atoms with E-state index in [1.807, 2.05) is 0 Å². The van der Waals surface area contributed by atoms with Crippen molar-refractivity contribution in [3.8, 4) is 5.75 Å². The van der Waals surface area contributed by atoms with Crippen LogP contribution in [0.4, 0.5) is 0 Å². The first kappa shape index (κ1) is 13.9. The summed E-state index contributed by atoms with van der Waals surface area (Å²) >= 11 is 0. The summed E-state index contributed by atoms with van der Waals surface area (Å²) in [4.78, 5) is 12.0. The van der Waals surface area contributed by atoms with Crippen molar-refractivity contribution in [1.82, 2.24) is 5.32 Å². The zero-order valence-electron chi connectivity index (χ0n) is 11.4. The number of benzene rings is 1. The second-order valence-electron chi connectivity index (χ2n) is 5.40. The summed E-state index contributed by atoms with van der Waals surface area (Å²) in [6, 6.07) is 5.00. The van der Waals surface area contributed by atoms with Gasteiger partial charge in [0.25, 0.3) is 5.91 Å². The van der Waals surface area contributed by atoms with Crippen molar-refractivity contribution in [2.45, 2.75) is 26.2 Å². The van der Waals surface area contributed by atoms with Gasteiger partial charge in [0, 0.05) is 12.1 Å². The molecule has 4 nitrogen and oxygen atoms in total. The minimum atomic E-state index is -0.127. The Kier molecular flexibility index (Phi) is 4.43. The van der Waals surface area contributed by atoms with Crippen LogP contribution in [0, 0.1) is 18.8 Å². The summed E-state index contributed by atoms with van der Waals surface area (Å²) in [5, 5.41) is 12.6. The van der Waals surface area contributed by atoms with E-state index in [9.17, 15) is 9.90 Å². The van der Waals surface area contributed by atoms with Gasteiger partial charge in [-0.15, -0.1) is 0 Å². The molecule has 1 aliphatic carbocycles. The highest BCUT2D eigenvalue weighted by Crippen LogP contribution is 2.30. The molecule has 0 aliphatic heterocycles. The maximum Gasteiger partial charge on any atom is 0.251 e. The lowest BCUT2D eigenvalue weighted by Gasteiger charge is -2.18. The normalized spacial score (nSPS) is 22.4. The number of nitrogens with one attached hydrogen (secondary N) is 1. The maximum atomic E-state index is 12.0. The standard InChI is InChI=1S/C15H22N2O2/c1-10-5-6-11(7-14(10)18)15(19)17-9-13-4-2-3-12(13)8-16/h5-7,12-13,18H,2-4,8-9,16H2,1H3,(H,17,19). The van der Waals surface area contributed by atoms with Gasteiger partial charge in [0.1, 0.15) is 5.75 Å². The summed E-state index contributed by atoms with van der Waals surface area (Å²) in [7, 11) is 0. The first-order chi connectivity index (χ1) is 9.11. The topological polar surface area (TPSA) is 75.4 Å². The Labute approximate surface area is 114 Å². The minimum absolute atomic E-state index is 0.127. The van der Waals surface area contributed by atoms with Crippen LogP contribution >= 0.6 is 0 Å². The highest BCUT2D eigenvalue weighted by molar-refractivity contribution is 5.94. The first-order valence-electron chi connectivity index (χ1n) is 6.89. The summed E-state index contributed by atoms with van der Waals surface area (Å²) < 4.78 is 0. The summed E-state index contributed by atoms with van der Waals surface area (Å²) in [6.07, 6.45) is 3.51. The van der Waals surface area contributed by atoms with Crippen molar-refractivity contribution < 1.29 is 9.90 Å². The van der Waals surface area contributed by atoms with Crippen LogP contribution in [0.2, 0.25) is 0 Å². The van der Waals surface area contributed by atoms with E-state index < -0.39 is 0 Å². The molecule has 19 heavy (non-hydrogen) atoms. The Hall–Kier alpha value is -1.55. The smallest absolute Gasteiger partial charge is 0.251 e. The molecule has 0 heterocycles. The number of amides is 1. The molecule has 1 aromatic carbocycles. The van der Waals surface area contributed by atoms with Crippen LogP contribution in [-0.2, 0) is 0 Å². The van der Waals surface area contributed by atoms with Crippen LogP contribution in [-0.4, -0.2) is 24.1 Å². The molecule has 0 aromatic heterocycles. The molecule has 2 rings (SSSR count). The molecule has 104 valence electrons. The molecule has 1 aliphatic rings. The second kappa shape index (κ2) is 6.06. The van der Waals surface area contributed by atoms with E-state index in [1.54, 1.807) is 19.1 Å². The van der Waals surface area contributed by atoms with Gasteiger partial charge in [-0.1, -0.05) is 12.5 Å². The fraction of sp³-hybridized carbons (Fsp3) is 0.533. The average Bonchev–Trinajstić information content (AvgIpc) is 2.86. The summed E-state index contributed by atoms with van der Waals surface area (Å²) in [5.41, 5.74) is 7.01. The molecular formula is C15H22N2O2. The molecule has 0 spiro atoms. The van der Waals surface area contributed by atoms with Gasteiger partial charge in [0.2, 0.25) is 0 Å². The number of aryl methyl sites for hydroxylation is 1. The Balaban J connectivity index is 1.92. The predicted molar refractivity (Wildman–Crippen MR) is 75.1 cm³/mol. The van der Waals surface area contributed by atoms with Crippen molar-refractivity contribution >= 4 is 5.91 Å².